The van der Waals surface area contributed by atoms with Gasteiger partial charge in [0.1, 0.15) is 19.2 Å². The molecule has 0 radical (unpaired) electrons. The van der Waals surface area contributed by atoms with Crippen LogP contribution < -0.4 is 0 Å². The number of ether oxygens (including phenoxy) is 2. The topological polar surface area (TPSA) is 49.2 Å². The molecule has 1 aromatic heterocycles. The van der Waals surface area contributed by atoms with Gasteiger partial charge in [0.05, 0.1) is 18.2 Å². The minimum absolute atomic E-state index is 0.000478. The van der Waals surface area contributed by atoms with Gasteiger partial charge < -0.3 is 9.47 Å². The van der Waals surface area contributed by atoms with Crippen molar-refractivity contribution >= 4 is 23.2 Å². The summed E-state index contributed by atoms with van der Waals surface area (Å²) in [6, 6.07) is 5.34. The Labute approximate surface area is 151 Å². The molecule has 1 aliphatic heterocycles. The number of rotatable bonds is 5. The average molecular weight is 370 g/mol. The smallest absolute Gasteiger partial charge is 0.216 e. The van der Waals surface area contributed by atoms with Crippen LogP contribution >= 0.6 is 23.2 Å². The van der Waals surface area contributed by atoms with E-state index in [1.54, 1.807) is 23.1 Å². The van der Waals surface area contributed by atoms with Crippen molar-refractivity contribution in [2.75, 3.05) is 13.2 Å². The molecule has 0 spiro atoms. The standard InChI is InChI=1S/C17H21Cl2N3O2/c1-3-6-16(2)9-23-17(24-10-16,8-22-12-20-11-21-22)14-5-4-13(18)7-15(14)19/h4-5,7,11-12H,3,6,8-10H2,1-2H3. The highest BCUT2D eigenvalue weighted by Crippen LogP contribution is 2.42. The third-order valence-electron chi connectivity index (χ3n) is 4.34. The molecule has 1 fully saturated rings. The Hall–Kier alpha value is -1.14. The molecule has 0 amide bonds. The molecule has 24 heavy (non-hydrogen) atoms. The maximum Gasteiger partial charge on any atom is 0.216 e. The van der Waals surface area contributed by atoms with Crippen LogP contribution in [0.15, 0.2) is 30.9 Å². The molecular formula is C17H21Cl2N3O2. The minimum atomic E-state index is -0.997. The molecule has 1 aromatic carbocycles. The van der Waals surface area contributed by atoms with E-state index in [2.05, 4.69) is 23.9 Å². The second-order valence-electron chi connectivity index (χ2n) is 6.61. The predicted molar refractivity (Wildman–Crippen MR) is 93.1 cm³/mol. The summed E-state index contributed by atoms with van der Waals surface area (Å²) in [4.78, 5) is 3.99. The number of nitrogens with zero attached hydrogens (tertiary/aromatic N) is 3. The monoisotopic (exact) mass is 369 g/mol. The second kappa shape index (κ2) is 7.00. The molecule has 0 aliphatic carbocycles. The Morgan fingerprint density at radius 2 is 2.00 bits per heavy atom. The summed E-state index contributed by atoms with van der Waals surface area (Å²) in [5, 5.41) is 5.27. The Bertz CT molecular complexity index is 683. The molecule has 3 rings (SSSR count). The van der Waals surface area contributed by atoms with E-state index in [9.17, 15) is 0 Å². The van der Waals surface area contributed by atoms with Crippen molar-refractivity contribution in [2.45, 2.75) is 39.0 Å². The van der Waals surface area contributed by atoms with E-state index in [4.69, 9.17) is 32.7 Å². The molecule has 1 saturated heterocycles. The van der Waals surface area contributed by atoms with Crippen molar-refractivity contribution in [3.05, 3.63) is 46.5 Å². The first kappa shape index (κ1) is 17.7. The van der Waals surface area contributed by atoms with Crippen molar-refractivity contribution in [1.82, 2.24) is 14.8 Å². The summed E-state index contributed by atoms with van der Waals surface area (Å²) in [6.45, 7) is 5.90. The van der Waals surface area contributed by atoms with Gasteiger partial charge in [0.25, 0.3) is 0 Å². The number of hydrogen-bond acceptors (Lipinski definition) is 4. The average Bonchev–Trinajstić information content (AvgIpc) is 3.03. The summed E-state index contributed by atoms with van der Waals surface area (Å²) in [7, 11) is 0. The molecule has 130 valence electrons. The van der Waals surface area contributed by atoms with Crippen molar-refractivity contribution in [2.24, 2.45) is 5.41 Å². The fourth-order valence-corrected chi connectivity index (χ4v) is 3.62. The fraction of sp³-hybridized carbons (Fsp3) is 0.529. The second-order valence-corrected chi connectivity index (χ2v) is 7.45. The number of benzene rings is 1. The Morgan fingerprint density at radius 3 is 2.58 bits per heavy atom. The minimum Gasteiger partial charge on any atom is -0.344 e. The molecule has 0 N–H and O–H groups in total. The highest BCUT2D eigenvalue weighted by Gasteiger charge is 2.45. The molecule has 0 atom stereocenters. The van der Waals surface area contributed by atoms with Gasteiger partial charge in [-0.1, -0.05) is 49.5 Å². The lowest BCUT2D eigenvalue weighted by Crippen LogP contribution is -2.49. The van der Waals surface area contributed by atoms with Crippen LogP contribution in [0, 0.1) is 5.41 Å². The van der Waals surface area contributed by atoms with E-state index >= 15 is 0 Å². The third-order valence-corrected chi connectivity index (χ3v) is 4.89. The van der Waals surface area contributed by atoms with Gasteiger partial charge in [0.15, 0.2) is 0 Å². The molecule has 7 heteroatoms. The fourth-order valence-electron chi connectivity index (χ4n) is 3.07. The summed E-state index contributed by atoms with van der Waals surface area (Å²) < 4.78 is 14.2. The molecule has 2 aromatic rings. The summed E-state index contributed by atoms with van der Waals surface area (Å²) in [6.07, 6.45) is 5.25. The Morgan fingerprint density at radius 1 is 1.25 bits per heavy atom. The summed E-state index contributed by atoms with van der Waals surface area (Å²) >= 11 is 12.5. The van der Waals surface area contributed by atoms with E-state index in [1.165, 1.54) is 6.33 Å². The zero-order valence-corrected chi connectivity index (χ0v) is 15.3. The quantitative estimate of drug-likeness (QED) is 0.788. The van der Waals surface area contributed by atoms with E-state index in [1.807, 2.05) is 6.07 Å². The summed E-state index contributed by atoms with van der Waals surface area (Å²) in [5.41, 5.74) is 0.752. The SMILES string of the molecule is CCCC1(C)COC(Cn2cncn2)(c2ccc(Cl)cc2Cl)OC1. The van der Waals surface area contributed by atoms with Crippen LogP contribution in [0.3, 0.4) is 0 Å². The van der Waals surface area contributed by atoms with Gasteiger partial charge in [-0.15, -0.1) is 0 Å². The predicted octanol–water partition coefficient (Wildman–Crippen LogP) is 4.29. The maximum absolute atomic E-state index is 6.44. The van der Waals surface area contributed by atoms with Crippen LogP contribution in [0.1, 0.15) is 32.3 Å². The molecule has 0 unspecified atom stereocenters. The molecular weight excluding hydrogens is 349 g/mol. The Kier molecular flexibility index (Phi) is 5.16. The van der Waals surface area contributed by atoms with Crippen LogP contribution in [0.25, 0.3) is 0 Å². The van der Waals surface area contributed by atoms with Gasteiger partial charge in [-0.05, 0) is 18.6 Å². The number of aromatic nitrogens is 3. The van der Waals surface area contributed by atoms with Crippen LogP contribution in [-0.2, 0) is 21.8 Å². The molecule has 0 saturated carbocycles. The lowest BCUT2D eigenvalue weighted by molar-refractivity contribution is -0.318. The van der Waals surface area contributed by atoms with E-state index in [-0.39, 0.29) is 5.41 Å². The molecule has 2 heterocycles. The first-order chi connectivity index (χ1) is 11.5. The lowest BCUT2D eigenvalue weighted by Gasteiger charge is -2.45. The van der Waals surface area contributed by atoms with Gasteiger partial charge in [-0.2, -0.15) is 5.10 Å². The van der Waals surface area contributed by atoms with E-state index in [0.717, 1.165) is 18.4 Å². The van der Waals surface area contributed by atoms with Gasteiger partial charge in [-0.25, -0.2) is 9.67 Å². The van der Waals surface area contributed by atoms with Gasteiger partial charge in [0.2, 0.25) is 5.79 Å². The van der Waals surface area contributed by atoms with Crippen molar-refractivity contribution in [3.8, 4) is 0 Å². The highest BCUT2D eigenvalue weighted by atomic mass is 35.5. The molecule has 1 aliphatic rings. The van der Waals surface area contributed by atoms with Crippen molar-refractivity contribution < 1.29 is 9.47 Å². The van der Waals surface area contributed by atoms with Crippen molar-refractivity contribution in [1.29, 1.82) is 0 Å². The lowest BCUT2D eigenvalue weighted by atomic mass is 9.86. The number of halogens is 2. The van der Waals surface area contributed by atoms with Gasteiger partial charge in [-0.3, -0.25) is 0 Å². The van der Waals surface area contributed by atoms with Crippen LogP contribution in [0.2, 0.25) is 10.0 Å². The molecule has 5 nitrogen and oxygen atoms in total. The zero-order valence-electron chi connectivity index (χ0n) is 13.8. The third kappa shape index (κ3) is 3.59. The normalized spacial score (nSPS) is 27.3. The Balaban J connectivity index is 1.94. The van der Waals surface area contributed by atoms with Crippen molar-refractivity contribution in [3.63, 3.8) is 0 Å². The van der Waals surface area contributed by atoms with E-state index < -0.39 is 5.79 Å². The number of hydrogen-bond donors (Lipinski definition) is 0. The van der Waals surface area contributed by atoms with Gasteiger partial charge >= 0.3 is 0 Å². The summed E-state index contributed by atoms with van der Waals surface area (Å²) in [5.74, 6) is -0.997. The first-order valence-electron chi connectivity index (χ1n) is 8.02. The highest BCUT2D eigenvalue weighted by molar-refractivity contribution is 6.35. The van der Waals surface area contributed by atoms with Crippen LogP contribution in [0.4, 0.5) is 0 Å². The van der Waals surface area contributed by atoms with Crippen LogP contribution in [-0.4, -0.2) is 28.0 Å². The zero-order chi connectivity index (χ0) is 17.2. The van der Waals surface area contributed by atoms with Crippen LogP contribution in [0.5, 0.6) is 0 Å². The van der Waals surface area contributed by atoms with E-state index in [0.29, 0.717) is 29.8 Å². The molecule has 0 bridgehead atoms. The van der Waals surface area contributed by atoms with Gasteiger partial charge in [0, 0.05) is 16.0 Å². The largest absolute Gasteiger partial charge is 0.344 e. The first-order valence-corrected chi connectivity index (χ1v) is 8.78. The maximum atomic E-state index is 6.44.